The number of carboxylic acid groups (broad SMARTS) is 1. The second-order valence-corrected chi connectivity index (χ2v) is 11.0. The van der Waals surface area contributed by atoms with Crippen molar-refractivity contribution in [3.8, 4) is 0 Å². The molecule has 1 aliphatic rings. The van der Waals surface area contributed by atoms with Gasteiger partial charge in [-0.2, -0.15) is 4.73 Å². The minimum absolute atomic E-state index is 0.0251. The molecule has 10 heteroatoms. The van der Waals surface area contributed by atoms with Crippen LogP contribution >= 0.6 is 11.8 Å². The quantitative estimate of drug-likeness (QED) is 0.107. The van der Waals surface area contributed by atoms with E-state index in [1.54, 1.807) is 12.1 Å². The number of aliphatic hydroxyl groups excluding tert-OH is 1. The first-order valence-electron chi connectivity index (χ1n) is 13.8. The average molecular weight is 581 g/mol. The fourth-order valence-corrected chi connectivity index (χ4v) is 5.48. The van der Waals surface area contributed by atoms with Gasteiger partial charge in [-0.15, -0.1) is 0 Å². The number of benzene rings is 2. The van der Waals surface area contributed by atoms with E-state index in [-0.39, 0.29) is 31.1 Å². The van der Waals surface area contributed by atoms with E-state index in [1.165, 1.54) is 18.0 Å². The lowest BCUT2D eigenvalue weighted by Crippen LogP contribution is -2.32. The molecular formula is C31H36N2O7S. The van der Waals surface area contributed by atoms with Gasteiger partial charge in [0.05, 0.1) is 18.8 Å². The van der Waals surface area contributed by atoms with Crippen molar-refractivity contribution in [3.63, 3.8) is 0 Å². The zero-order chi connectivity index (χ0) is 29.0. The largest absolute Gasteiger partial charge is 0.618 e. The van der Waals surface area contributed by atoms with Crippen molar-refractivity contribution in [1.29, 1.82) is 0 Å². The van der Waals surface area contributed by atoms with E-state index in [2.05, 4.69) is 5.32 Å². The molecule has 3 atom stereocenters. The maximum atomic E-state index is 12.2. The Morgan fingerprint density at radius 1 is 0.927 bits per heavy atom. The maximum Gasteiger partial charge on any atom is 0.303 e. The van der Waals surface area contributed by atoms with Gasteiger partial charge in [-0.1, -0.05) is 66.7 Å². The first-order chi connectivity index (χ1) is 19.9. The van der Waals surface area contributed by atoms with E-state index >= 15 is 0 Å². The Morgan fingerprint density at radius 3 is 2.34 bits per heavy atom. The van der Waals surface area contributed by atoms with Crippen LogP contribution in [0.5, 0.6) is 0 Å². The second kappa shape index (κ2) is 15.5. The fourth-order valence-electron chi connectivity index (χ4n) is 4.55. The Labute approximate surface area is 244 Å². The van der Waals surface area contributed by atoms with E-state index in [9.17, 15) is 19.9 Å². The SMILES string of the molecule is O=C(O)CCCCCC(=O)NCc1ccc(C2OC(CSc3cccc[n+]3[O-])CC(c3ccc(CO)cc3)O2)cc1. The molecule has 0 radical (unpaired) electrons. The number of rotatable bonds is 14. The van der Waals surface area contributed by atoms with Gasteiger partial charge in [0, 0.05) is 49.3 Å². The van der Waals surface area contributed by atoms with Gasteiger partial charge >= 0.3 is 5.97 Å². The summed E-state index contributed by atoms with van der Waals surface area (Å²) in [5, 5.41) is 33.7. The maximum absolute atomic E-state index is 12.2. The molecule has 2 heterocycles. The number of amides is 1. The summed E-state index contributed by atoms with van der Waals surface area (Å²) in [6.07, 6.45) is 3.55. The molecule has 3 aromatic rings. The van der Waals surface area contributed by atoms with E-state index in [0.717, 1.165) is 27.0 Å². The van der Waals surface area contributed by atoms with Crippen molar-refractivity contribution >= 4 is 23.6 Å². The number of hydrogen-bond donors (Lipinski definition) is 3. The molecule has 1 fully saturated rings. The predicted octanol–water partition coefficient (Wildman–Crippen LogP) is 4.80. The second-order valence-electron chi connectivity index (χ2n) is 10.00. The van der Waals surface area contributed by atoms with E-state index in [0.29, 0.717) is 49.4 Å². The zero-order valence-electron chi connectivity index (χ0n) is 22.8. The molecular weight excluding hydrogens is 544 g/mol. The number of carboxylic acids is 1. The smallest absolute Gasteiger partial charge is 0.303 e. The number of nitrogens with one attached hydrogen (secondary N) is 1. The molecule has 3 N–H and O–H groups in total. The average Bonchev–Trinajstić information content (AvgIpc) is 2.99. The highest BCUT2D eigenvalue weighted by Crippen LogP contribution is 2.39. The number of thioether (sulfide) groups is 1. The van der Waals surface area contributed by atoms with Crippen LogP contribution in [0.4, 0.5) is 0 Å². The minimum Gasteiger partial charge on any atom is -0.618 e. The fraction of sp³-hybridized carbons (Fsp3) is 0.387. The molecule has 0 spiro atoms. The molecule has 2 aromatic carbocycles. The van der Waals surface area contributed by atoms with E-state index < -0.39 is 12.3 Å². The van der Waals surface area contributed by atoms with Gasteiger partial charge in [0.15, 0.2) is 12.5 Å². The van der Waals surface area contributed by atoms with Crippen LogP contribution in [0.3, 0.4) is 0 Å². The van der Waals surface area contributed by atoms with Gasteiger partial charge in [0.1, 0.15) is 0 Å². The number of ether oxygens (including phenoxy) is 2. The van der Waals surface area contributed by atoms with E-state index in [4.69, 9.17) is 14.6 Å². The summed E-state index contributed by atoms with van der Waals surface area (Å²) < 4.78 is 13.6. The first-order valence-corrected chi connectivity index (χ1v) is 14.8. The monoisotopic (exact) mass is 580 g/mol. The highest BCUT2D eigenvalue weighted by molar-refractivity contribution is 7.99. The van der Waals surface area contributed by atoms with Crippen molar-refractivity contribution in [3.05, 3.63) is 100 Å². The van der Waals surface area contributed by atoms with Crippen LogP contribution in [0.2, 0.25) is 0 Å². The van der Waals surface area contributed by atoms with Crippen molar-refractivity contribution in [2.24, 2.45) is 0 Å². The van der Waals surface area contributed by atoms with Crippen molar-refractivity contribution in [2.75, 3.05) is 5.75 Å². The third kappa shape index (κ3) is 9.57. The number of aliphatic hydroxyl groups is 1. The Morgan fingerprint density at radius 2 is 1.63 bits per heavy atom. The number of carbonyl (C=O) groups excluding carboxylic acids is 1. The summed E-state index contributed by atoms with van der Waals surface area (Å²) in [7, 11) is 0. The molecule has 0 saturated carbocycles. The van der Waals surface area contributed by atoms with Crippen LogP contribution in [0.1, 0.15) is 73.2 Å². The van der Waals surface area contributed by atoms with Gasteiger partial charge in [-0.3, -0.25) is 9.59 Å². The van der Waals surface area contributed by atoms with Crippen LogP contribution in [-0.4, -0.2) is 33.9 Å². The zero-order valence-corrected chi connectivity index (χ0v) is 23.6. The number of nitrogens with zero attached hydrogens (tertiary/aromatic N) is 1. The predicted molar refractivity (Wildman–Crippen MR) is 154 cm³/mol. The lowest BCUT2D eigenvalue weighted by atomic mass is 10.0. The van der Waals surface area contributed by atoms with Gasteiger partial charge in [0.2, 0.25) is 5.91 Å². The molecule has 218 valence electrons. The van der Waals surface area contributed by atoms with Gasteiger partial charge in [0.25, 0.3) is 5.03 Å². The Bertz CT molecular complexity index is 1270. The minimum atomic E-state index is -0.812. The van der Waals surface area contributed by atoms with Crippen molar-refractivity contribution < 1.29 is 34.0 Å². The highest BCUT2D eigenvalue weighted by Gasteiger charge is 2.32. The Balaban J connectivity index is 1.36. The van der Waals surface area contributed by atoms with Gasteiger partial charge < -0.3 is 30.2 Å². The number of pyridine rings is 1. The van der Waals surface area contributed by atoms with Crippen LogP contribution < -0.4 is 10.0 Å². The molecule has 3 unspecified atom stereocenters. The summed E-state index contributed by atoms with van der Waals surface area (Å²) in [6, 6.07) is 20.7. The number of unbranched alkanes of at least 4 members (excludes halogenated alkanes) is 2. The Kier molecular flexibility index (Phi) is 11.6. The van der Waals surface area contributed by atoms with Crippen LogP contribution in [0.15, 0.2) is 78.0 Å². The molecule has 1 aliphatic heterocycles. The number of aromatic nitrogens is 1. The molecule has 0 bridgehead atoms. The highest BCUT2D eigenvalue weighted by atomic mass is 32.2. The van der Waals surface area contributed by atoms with Crippen molar-refractivity contribution in [2.45, 2.75) is 75.2 Å². The molecule has 1 saturated heterocycles. The van der Waals surface area contributed by atoms with Crippen LogP contribution in [-0.2, 0) is 32.2 Å². The lowest BCUT2D eigenvalue weighted by molar-refractivity contribution is -0.645. The van der Waals surface area contributed by atoms with Crippen LogP contribution in [0, 0.1) is 5.21 Å². The summed E-state index contributed by atoms with van der Waals surface area (Å²) in [5.74, 6) is -0.290. The van der Waals surface area contributed by atoms with Crippen molar-refractivity contribution in [1.82, 2.24) is 5.32 Å². The first kappa shape index (κ1) is 30.5. The number of aliphatic carboxylic acids is 1. The van der Waals surface area contributed by atoms with E-state index in [1.807, 2.05) is 54.6 Å². The lowest BCUT2D eigenvalue weighted by Gasteiger charge is -2.36. The molecule has 0 aliphatic carbocycles. The third-order valence-electron chi connectivity index (χ3n) is 6.86. The summed E-state index contributed by atoms with van der Waals surface area (Å²) in [6.45, 7) is 0.370. The molecule has 1 amide bonds. The number of hydrogen-bond acceptors (Lipinski definition) is 7. The summed E-state index contributed by atoms with van der Waals surface area (Å²) >= 11 is 1.45. The number of carbonyl (C=O) groups is 2. The molecule has 9 nitrogen and oxygen atoms in total. The molecule has 4 rings (SSSR count). The topological polar surface area (TPSA) is 132 Å². The van der Waals surface area contributed by atoms with Crippen LogP contribution in [0.25, 0.3) is 0 Å². The summed E-state index contributed by atoms with van der Waals surface area (Å²) in [4.78, 5) is 22.7. The van der Waals surface area contributed by atoms with Gasteiger partial charge in [-0.05, 0) is 35.6 Å². The normalized spacial score (nSPS) is 18.6. The third-order valence-corrected chi connectivity index (χ3v) is 8.01. The standard InChI is InChI=1S/C31H36N2O7S/c34-20-23-11-13-24(14-12-23)27-18-26(21-41-29-7-4-5-17-33(29)38)39-31(40-27)25-15-9-22(10-16-25)19-32-28(35)6-2-1-3-8-30(36)37/h4-5,7,9-17,26-27,31,34H,1-3,6,8,18-21H2,(H,32,35)(H,36,37). The Hall–Kier alpha value is -3.44. The van der Waals surface area contributed by atoms with Gasteiger partial charge in [-0.25, -0.2) is 0 Å². The molecule has 1 aromatic heterocycles. The summed E-state index contributed by atoms with van der Waals surface area (Å²) in [5.41, 5.74) is 3.61. The molecule has 41 heavy (non-hydrogen) atoms.